The number of nitrogens with zero attached hydrogens (tertiary/aromatic N) is 3. The number of carbonyl (C=O) groups excluding carboxylic acids is 2. The number of hydrogen-bond acceptors (Lipinski definition) is 7. The van der Waals surface area contributed by atoms with Crippen LogP contribution in [0.15, 0.2) is 41.1 Å². The third kappa shape index (κ3) is 3.45. The number of nitrogens with one attached hydrogen (secondary N) is 1. The highest BCUT2D eigenvalue weighted by molar-refractivity contribution is 6.01. The Balaban J connectivity index is 1.65. The van der Waals surface area contributed by atoms with Gasteiger partial charge in [-0.3, -0.25) is 14.6 Å². The largest absolute Gasteiger partial charge is 0.486 e. The molecule has 0 spiro atoms. The van der Waals surface area contributed by atoms with Crippen LogP contribution >= 0.6 is 0 Å². The molecule has 4 rings (SSSR count). The van der Waals surface area contributed by atoms with Crippen molar-refractivity contribution in [3.8, 4) is 28.6 Å². The van der Waals surface area contributed by atoms with Gasteiger partial charge in [0.15, 0.2) is 5.78 Å². The Kier molecular flexibility index (Phi) is 5.07. The van der Waals surface area contributed by atoms with E-state index < -0.39 is 5.60 Å². The number of ether oxygens (including phenoxy) is 1. The van der Waals surface area contributed by atoms with Crippen molar-refractivity contribution in [2.24, 2.45) is 0 Å². The zero-order chi connectivity index (χ0) is 21.3. The highest BCUT2D eigenvalue weighted by atomic mass is 16.5. The molecule has 0 radical (unpaired) electrons. The maximum Gasteiger partial charge on any atom is 0.269 e. The summed E-state index contributed by atoms with van der Waals surface area (Å²) in [5, 5.41) is 6.54. The van der Waals surface area contributed by atoms with Gasteiger partial charge < -0.3 is 14.6 Å². The Morgan fingerprint density at radius 2 is 1.97 bits per heavy atom. The number of aromatic nitrogens is 3. The molecule has 3 aromatic rings. The Morgan fingerprint density at radius 3 is 2.70 bits per heavy atom. The summed E-state index contributed by atoms with van der Waals surface area (Å²) < 4.78 is 11.6. The second kappa shape index (κ2) is 7.70. The van der Waals surface area contributed by atoms with Gasteiger partial charge in [0, 0.05) is 24.4 Å². The molecular formula is C22H22N4O4. The van der Waals surface area contributed by atoms with Gasteiger partial charge in [-0.1, -0.05) is 19.0 Å². The topological polar surface area (TPSA) is 107 Å². The molecule has 1 aromatic carbocycles. The van der Waals surface area contributed by atoms with Crippen molar-refractivity contribution < 1.29 is 18.8 Å². The van der Waals surface area contributed by atoms with E-state index in [4.69, 9.17) is 9.26 Å². The quantitative estimate of drug-likeness (QED) is 0.688. The normalized spacial score (nSPS) is 14.7. The summed E-state index contributed by atoms with van der Waals surface area (Å²) >= 11 is 0. The summed E-state index contributed by atoms with van der Waals surface area (Å²) in [6, 6.07) is 8.59. The van der Waals surface area contributed by atoms with Crippen molar-refractivity contribution in [2.75, 3.05) is 7.05 Å². The molecule has 0 atom stereocenters. The lowest BCUT2D eigenvalue weighted by atomic mass is 9.85. The molecule has 0 bridgehead atoms. The number of amides is 1. The van der Waals surface area contributed by atoms with Crippen molar-refractivity contribution in [1.82, 2.24) is 20.4 Å². The van der Waals surface area contributed by atoms with Gasteiger partial charge in [-0.25, -0.2) is 0 Å². The predicted molar refractivity (Wildman–Crippen MR) is 109 cm³/mol. The van der Waals surface area contributed by atoms with E-state index in [9.17, 15) is 9.59 Å². The summed E-state index contributed by atoms with van der Waals surface area (Å²) in [6.07, 6.45) is 3.41. The van der Waals surface area contributed by atoms with E-state index in [2.05, 4.69) is 20.4 Å². The molecule has 0 aliphatic carbocycles. The van der Waals surface area contributed by atoms with Crippen LogP contribution in [0.2, 0.25) is 0 Å². The minimum atomic E-state index is -0.437. The van der Waals surface area contributed by atoms with E-state index in [0.29, 0.717) is 34.7 Å². The number of ketones is 1. The lowest BCUT2D eigenvalue weighted by Crippen LogP contribution is -2.40. The molecular weight excluding hydrogens is 384 g/mol. The Hall–Kier alpha value is -3.55. The van der Waals surface area contributed by atoms with Gasteiger partial charge in [0.2, 0.25) is 5.82 Å². The van der Waals surface area contributed by atoms with Crippen molar-refractivity contribution in [1.29, 1.82) is 0 Å². The fourth-order valence-corrected chi connectivity index (χ4v) is 3.55. The number of carbonyl (C=O) groups is 2. The molecule has 0 fully saturated rings. The van der Waals surface area contributed by atoms with Crippen LogP contribution in [0, 0.1) is 0 Å². The van der Waals surface area contributed by atoms with E-state index in [1.54, 1.807) is 30.3 Å². The monoisotopic (exact) mass is 406 g/mol. The molecule has 1 amide bonds. The van der Waals surface area contributed by atoms with Gasteiger partial charge in [0.1, 0.15) is 17.0 Å². The third-order valence-electron chi connectivity index (χ3n) is 5.53. The molecule has 154 valence electrons. The van der Waals surface area contributed by atoms with Crippen LogP contribution in [0.4, 0.5) is 0 Å². The van der Waals surface area contributed by atoms with E-state index in [1.807, 2.05) is 13.8 Å². The Morgan fingerprint density at radius 1 is 1.17 bits per heavy atom. The Labute approximate surface area is 173 Å². The van der Waals surface area contributed by atoms with Crippen LogP contribution in [0.3, 0.4) is 0 Å². The molecule has 1 aliphatic heterocycles. The molecule has 1 aliphatic rings. The number of pyridine rings is 1. The summed E-state index contributed by atoms with van der Waals surface area (Å²) in [5.41, 5.74) is 1.58. The lowest BCUT2D eigenvalue weighted by molar-refractivity contribution is 0.0350. The van der Waals surface area contributed by atoms with Crippen molar-refractivity contribution >= 4 is 11.7 Å². The lowest BCUT2D eigenvalue weighted by Gasteiger charge is -2.36. The van der Waals surface area contributed by atoms with Crippen LogP contribution < -0.4 is 10.1 Å². The number of rotatable bonds is 5. The number of benzene rings is 1. The van der Waals surface area contributed by atoms with Crippen LogP contribution in [-0.4, -0.2) is 39.5 Å². The smallest absolute Gasteiger partial charge is 0.269 e. The first-order chi connectivity index (χ1) is 14.5. The maximum atomic E-state index is 12.8. The summed E-state index contributed by atoms with van der Waals surface area (Å²) in [5.74, 6) is 0.938. The SMILES string of the molecule is CCC1(CC)CC(=O)c2cc(-c3nc(-c4ccnc(C(=O)NC)c4)no3)ccc2O1. The molecule has 0 saturated carbocycles. The summed E-state index contributed by atoms with van der Waals surface area (Å²) in [4.78, 5) is 33.0. The first-order valence-corrected chi connectivity index (χ1v) is 9.87. The summed E-state index contributed by atoms with van der Waals surface area (Å²) in [6.45, 7) is 4.07. The minimum Gasteiger partial charge on any atom is -0.486 e. The van der Waals surface area contributed by atoms with E-state index in [0.717, 1.165) is 12.8 Å². The third-order valence-corrected chi connectivity index (χ3v) is 5.53. The van der Waals surface area contributed by atoms with E-state index in [1.165, 1.54) is 13.2 Å². The second-order valence-corrected chi connectivity index (χ2v) is 7.24. The highest BCUT2D eigenvalue weighted by Gasteiger charge is 2.37. The molecule has 2 aromatic heterocycles. The average molecular weight is 406 g/mol. The van der Waals surface area contributed by atoms with Crippen LogP contribution in [0.1, 0.15) is 54.0 Å². The first-order valence-electron chi connectivity index (χ1n) is 9.87. The molecule has 1 N–H and O–H groups in total. The van der Waals surface area contributed by atoms with E-state index >= 15 is 0 Å². The number of fused-ring (bicyclic) bond motifs is 1. The standard InChI is InChI=1S/C22H22N4O4/c1-4-22(5-2)12-17(27)15-10-14(6-7-18(15)29-22)21-25-19(26-30-21)13-8-9-24-16(11-13)20(28)23-3/h6-11H,4-5,12H2,1-3H3,(H,23,28). The zero-order valence-corrected chi connectivity index (χ0v) is 17.1. The van der Waals surface area contributed by atoms with Crippen LogP contribution in [0.25, 0.3) is 22.8 Å². The molecule has 30 heavy (non-hydrogen) atoms. The maximum absolute atomic E-state index is 12.8. The number of Topliss-reactive ketones (excluding diaryl/α,β-unsaturated/α-hetero) is 1. The molecule has 8 nitrogen and oxygen atoms in total. The average Bonchev–Trinajstić information content (AvgIpc) is 3.28. The van der Waals surface area contributed by atoms with Gasteiger partial charge in [-0.15, -0.1) is 0 Å². The second-order valence-electron chi connectivity index (χ2n) is 7.24. The van der Waals surface area contributed by atoms with Gasteiger partial charge in [-0.05, 0) is 43.2 Å². The van der Waals surface area contributed by atoms with Gasteiger partial charge in [0.05, 0.1) is 12.0 Å². The van der Waals surface area contributed by atoms with Gasteiger partial charge in [-0.2, -0.15) is 4.98 Å². The Bertz CT molecular complexity index is 1120. The molecule has 8 heteroatoms. The van der Waals surface area contributed by atoms with Crippen molar-refractivity contribution in [3.05, 3.63) is 47.8 Å². The fraction of sp³-hybridized carbons (Fsp3) is 0.318. The predicted octanol–water partition coefficient (Wildman–Crippen LogP) is 3.68. The van der Waals surface area contributed by atoms with Gasteiger partial charge in [0.25, 0.3) is 11.8 Å². The highest BCUT2D eigenvalue weighted by Crippen LogP contribution is 2.39. The van der Waals surface area contributed by atoms with Crippen molar-refractivity contribution in [2.45, 2.75) is 38.7 Å². The molecule has 3 heterocycles. The van der Waals surface area contributed by atoms with Crippen LogP contribution in [-0.2, 0) is 0 Å². The molecule has 0 unspecified atom stereocenters. The first kappa shape index (κ1) is 19.8. The molecule has 0 saturated heterocycles. The number of hydrogen-bond donors (Lipinski definition) is 1. The fourth-order valence-electron chi connectivity index (χ4n) is 3.55. The minimum absolute atomic E-state index is 0.0471. The van der Waals surface area contributed by atoms with Crippen LogP contribution in [0.5, 0.6) is 5.75 Å². The van der Waals surface area contributed by atoms with E-state index in [-0.39, 0.29) is 23.3 Å². The van der Waals surface area contributed by atoms with Crippen molar-refractivity contribution in [3.63, 3.8) is 0 Å². The summed E-state index contributed by atoms with van der Waals surface area (Å²) in [7, 11) is 1.54. The van der Waals surface area contributed by atoms with Gasteiger partial charge >= 0.3 is 0 Å². The zero-order valence-electron chi connectivity index (χ0n) is 17.1.